The fourth-order valence-electron chi connectivity index (χ4n) is 2.21. The van der Waals surface area contributed by atoms with Crippen LogP contribution in [-0.4, -0.2) is 47.0 Å². The second-order valence-electron chi connectivity index (χ2n) is 4.68. The van der Waals surface area contributed by atoms with Crippen molar-refractivity contribution in [2.75, 3.05) is 13.2 Å². The van der Waals surface area contributed by atoms with Gasteiger partial charge in [-0.2, -0.15) is 5.48 Å². The van der Waals surface area contributed by atoms with Crippen molar-refractivity contribution in [2.24, 2.45) is 0 Å². The minimum atomic E-state index is -0.880. The first-order valence-electron chi connectivity index (χ1n) is 6.86. The van der Waals surface area contributed by atoms with E-state index in [1.807, 2.05) is 0 Å². The van der Waals surface area contributed by atoms with E-state index in [9.17, 15) is 14.4 Å². The van der Waals surface area contributed by atoms with Crippen molar-refractivity contribution < 1.29 is 24.4 Å². The highest BCUT2D eigenvalue weighted by atomic mass is 16.6. The maximum atomic E-state index is 12.2. The SMILES string of the molecule is CCON[C@H](CCN1C(=O)c2ccccc2C1=O)C(=O)NO. The van der Waals surface area contributed by atoms with E-state index < -0.39 is 11.9 Å². The third kappa shape index (κ3) is 3.14. The van der Waals surface area contributed by atoms with E-state index >= 15 is 0 Å². The van der Waals surface area contributed by atoms with Crippen molar-refractivity contribution in [3.8, 4) is 0 Å². The van der Waals surface area contributed by atoms with Gasteiger partial charge in [0.2, 0.25) is 0 Å². The molecule has 1 aromatic rings. The number of imide groups is 1. The summed E-state index contributed by atoms with van der Waals surface area (Å²) in [6, 6.07) is 5.67. The fraction of sp³-hybridized carbons (Fsp3) is 0.357. The summed E-state index contributed by atoms with van der Waals surface area (Å²) in [4.78, 5) is 41.9. The van der Waals surface area contributed by atoms with Crippen LogP contribution in [0.1, 0.15) is 34.1 Å². The molecule has 1 aliphatic heterocycles. The van der Waals surface area contributed by atoms with Crippen LogP contribution in [0.25, 0.3) is 0 Å². The zero-order chi connectivity index (χ0) is 16.1. The summed E-state index contributed by atoms with van der Waals surface area (Å²) >= 11 is 0. The second-order valence-corrected chi connectivity index (χ2v) is 4.68. The van der Waals surface area contributed by atoms with Crippen LogP contribution in [0.3, 0.4) is 0 Å². The summed E-state index contributed by atoms with van der Waals surface area (Å²) in [7, 11) is 0. The number of hydrogen-bond acceptors (Lipinski definition) is 6. The smallest absolute Gasteiger partial charge is 0.262 e. The molecule has 8 heteroatoms. The fourth-order valence-corrected chi connectivity index (χ4v) is 2.21. The Morgan fingerprint density at radius 2 is 1.86 bits per heavy atom. The maximum Gasteiger partial charge on any atom is 0.262 e. The largest absolute Gasteiger partial charge is 0.301 e. The molecule has 1 heterocycles. The van der Waals surface area contributed by atoms with Gasteiger partial charge in [-0.1, -0.05) is 12.1 Å². The summed E-state index contributed by atoms with van der Waals surface area (Å²) in [5.74, 6) is -1.48. The molecule has 22 heavy (non-hydrogen) atoms. The topological polar surface area (TPSA) is 108 Å². The molecule has 2 rings (SSSR count). The van der Waals surface area contributed by atoms with Gasteiger partial charge in [0.05, 0.1) is 17.7 Å². The number of fused-ring (bicyclic) bond motifs is 1. The molecular formula is C14H17N3O5. The van der Waals surface area contributed by atoms with Crippen molar-refractivity contribution in [2.45, 2.75) is 19.4 Å². The summed E-state index contributed by atoms with van der Waals surface area (Å²) < 4.78 is 0. The third-order valence-corrected chi connectivity index (χ3v) is 3.32. The van der Waals surface area contributed by atoms with Gasteiger partial charge >= 0.3 is 0 Å². The Kier molecular flexibility index (Phi) is 5.21. The highest BCUT2D eigenvalue weighted by Crippen LogP contribution is 2.22. The van der Waals surface area contributed by atoms with Crippen LogP contribution >= 0.6 is 0 Å². The lowest BCUT2D eigenvalue weighted by Gasteiger charge is -2.19. The Hall–Kier alpha value is -2.29. The standard InChI is InChI=1S/C14H17N3O5/c1-2-22-16-11(12(18)15-21)7-8-17-13(19)9-5-3-4-6-10(9)14(17)20/h3-6,11,16,21H,2,7-8H2,1H3,(H,15,18)/t11-/m1/s1. The summed E-state index contributed by atoms with van der Waals surface area (Å²) in [6.45, 7) is 2.08. The molecule has 0 bridgehead atoms. The Morgan fingerprint density at radius 3 is 2.36 bits per heavy atom. The van der Waals surface area contributed by atoms with Crippen LogP contribution < -0.4 is 11.0 Å². The molecule has 1 aliphatic rings. The van der Waals surface area contributed by atoms with Crippen LogP contribution in [0.15, 0.2) is 24.3 Å². The number of amides is 3. The number of hydroxylamine groups is 2. The van der Waals surface area contributed by atoms with Crippen molar-refractivity contribution >= 4 is 17.7 Å². The lowest BCUT2D eigenvalue weighted by Crippen LogP contribution is -2.45. The van der Waals surface area contributed by atoms with Crippen molar-refractivity contribution in [1.82, 2.24) is 15.9 Å². The molecule has 0 saturated heterocycles. The van der Waals surface area contributed by atoms with Crippen molar-refractivity contribution in [3.63, 3.8) is 0 Å². The quantitative estimate of drug-likeness (QED) is 0.374. The van der Waals surface area contributed by atoms with E-state index in [4.69, 9.17) is 10.0 Å². The van der Waals surface area contributed by atoms with Gasteiger partial charge in [-0.3, -0.25) is 24.5 Å². The van der Waals surface area contributed by atoms with Crippen LogP contribution in [0.5, 0.6) is 0 Å². The van der Waals surface area contributed by atoms with Gasteiger partial charge in [0, 0.05) is 6.54 Å². The zero-order valence-corrected chi connectivity index (χ0v) is 12.0. The van der Waals surface area contributed by atoms with E-state index in [1.165, 1.54) is 5.48 Å². The highest BCUT2D eigenvalue weighted by Gasteiger charge is 2.35. The van der Waals surface area contributed by atoms with Gasteiger partial charge in [0.1, 0.15) is 6.04 Å². The molecule has 1 atom stereocenters. The molecule has 0 saturated carbocycles. The Balaban J connectivity index is 2.03. The molecule has 0 aliphatic carbocycles. The third-order valence-electron chi connectivity index (χ3n) is 3.32. The van der Waals surface area contributed by atoms with Gasteiger partial charge in [-0.25, -0.2) is 5.48 Å². The number of nitrogens with one attached hydrogen (secondary N) is 2. The summed E-state index contributed by atoms with van der Waals surface area (Å²) in [5.41, 5.74) is 4.70. The molecule has 0 radical (unpaired) electrons. The van der Waals surface area contributed by atoms with Crippen LogP contribution in [0.2, 0.25) is 0 Å². The summed E-state index contributed by atoms with van der Waals surface area (Å²) in [6.07, 6.45) is 0.109. The average Bonchev–Trinajstić information content (AvgIpc) is 2.79. The average molecular weight is 307 g/mol. The molecule has 0 spiro atoms. The summed E-state index contributed by atoms with van der Waals surface area (Å²) in [5, 5.41) is 8.70. The molecular weight excluding hydrogens is 290 g/mol. The zero-order valence-electron chi connectivity index (χ0n) is 12.0. The monoisotopic (exact) mass is 307 g/mol. The van der Waals surface area contributed by atoms with E-state index in [0.29, 0.717) is 17.7 Å². The molecule has 3 N–H and O–H groups in total. The number of rotatable bonds is 7. The van der Waals surface area contributed by atoms with E-state index in [1.54, 1.807) is 31.2 Å². The van der Waals surface area contributed by atoms with Crippen LogP contribution in [0.4, 0.5) is 0 Å². The lowest BCUT2D eigenvalue weighted by atomic mass is 10.1. The maximum absolute atomic E-state index is 12.2. The minimum absolute atomic E-state index is 0.0322. The highest BCUT2D eigenvalue weighted by molar-refractivity contribution is 6.21. The lowest BCUT2D eigenvalue weighted by molar-refractivity contribution is -0.136. The van der Waals surface area contributed by atoms with Gasteiger partial charge < -0.3 is 4.84 Å². The van der Waals surface area contributed by atoms with E-state index in [0.717, 1.165) is 4.90 Å². The first-order chi connectivity index (χ1) is 10.6. The Bertz CT molecular complexity index is 555. The minimum Gasteiger partial charge on any atom is -0.301 e. The first-order valence-corrected chi connectivity index (χ1v) is 6.86. The Labute approximate surface area is 127 Å². The number of hydrogen-bond donors (Lipinski definition) is 3. The predicted molar refractivity (Wildman–Crippen MR) is 74.9 cm³/mol. The van der Waals surface area contributed by atoms with Crippen molar-refractivity contribution in [3.05, 3.63) is 35.4 Å². The number of carbonyl (C=O) groups excluding carboxylic acids is 3. The Morgan fingerprint density at radius 1 is 1.27 bits per heavy atom. The normalized spacial score (nSPS) is 14.9. The van der Waals surface area contributed by atoms with Crippen LogP contribution in [-0.2, 0) is 9.63 Å². The van der Waals surface area contributed by atoms with Gasteiger partial charge in [0.15, 0.2) is 0 Å². The molecule has 8 nitrogen and oxygen atoms in total. The molecule has 1 aromatic carbocycles. The number of carbonyl (C=O) groups is 3. The van der Waals surface area contributed by atoms with Gasteiger partial charge in [-0.15, -0.1) is 0 Å². The molecule has 0 aromatic heterocycles. The molecule has 0 unspecified atom stereocenters. The van der Waals surface area contributed by atoms with Crippen LogP contribution in [0, 0.1) is 0 Å². The number of nitrogens with zero attached hydrogens (tertiary/aromatic N) is 1. The van der Waals surface area contributed by atoms with Gasteiger partial charge in [-0.05, 0) is 25.5 Å². The molecule has 3 amide bonds. The van der Waals surface area contributed by atoms with E-state index in [-0.39, 0.29) is 24.8 Å². The second kappa shape index (κ2) is 7.12. The predicted octanol–water partition coefficient (Wildman–Crippen LogP) is 0.0878. The van der Waals surface area contributed by atoms with E-state index in [2.05, 4.69) is 5.48 Å². The first kappa shape index (κ1) is 16.1. The molecule has 118 valence electrons. The van der Waals surface area contributed by atoms with Crippen molar-refractivity contribution in [1.29, 1.82) is 0 Å². The molecule has 0 fully saturated rings. The van der Waals surface area contributed by atoms with Gasteiger partial charge in [0.25, 0.3) is 17.7 Å². The number of benzene rings is 1.